The second kappa shape index (κ2) is 2.21. The van der Waals surface area contributed by atoms with Crippen LogP contribution in [-0.2, 0) is 9.53 Å². The van der Waals surface area contributed by atoms with Gasteiger partial charge in [0.05, 0.1) is 6.61 Å². The first kappa shape index (κ1) is 6.93. The minimum absolute atomic E-state index is 0.208. The smallest absolute Gasteiger partial charge is 0.323 e. The monoisotopic (exact) mass is 145 g/mol. The maximum Gasteiger partial charge on any atom is 0.323 e. The van der Waals surface area contributed by atoms with Crippen LogP contribution < -0.4 is 0 Å². The Hall–Kier alpha value is -0.180. The van der Waals surface area contributed by atoms with E-state index in [0.717, 1.165) is 12.8 Å². The zero-order valence-electron chi connectivity index (χ0n) is 5.35. The molecule has 0 unspecified atom stereocenters. The summed E-state index contributed by atoms with van der Waals surface area (Å²) in [4.78, 5) is 10.8. The Kier molecular flexibility index (Phi) is 1.70. The molecule has 0 N–H and O–H groups in total. The van der Waals surface area contributed by atoms with Gasteiger partial charge in [0, 0.05) is 0 Å². The normalized spacial score (nSPS) is 21.1. The number of carbonyl (C=O) groups excluding carboxylic acids is 1. The van der Waals surface area contributed by atoms with Crippen LogP contribution in [0.3, 0.4) is 0 Å². The quantitative estimate of drug-likeness (QED) is 0.547. The number of ether oxygens (including phenoxy) is 1. The van der Waals surface area contributed by atoms with E-state index in [1.807, 2.05) is 0 Å². The Morgan fingerprint density at radius 3 is 2.67 bits per heavy atom. The zero-order chi connectivity index (χ0) is 6.91. The van der Waals surface area contributed by atoms with Crippen molar-refractivity contribution in [2.75, 3.05) is 6.61 Å². The minimum Gasteiger partial charge on any atom is -0.465 e. The lowest BCUT2D eigenvalue weighted by molar-refractivity contribution is -0.143. The molecule has 9 heavy (non-hydrogen) atoms. The van der Waals surface area contributed by atoms with Gasteiger partial charge in [-0.3, -0.25) is 4.79 Å². The van der Waals surface area contributed by atoms with Gasteiger partial charge in [-0.05, 0) is 19.8 Å². The summed E-state index contributed by atoms with van der Waals surface area (Å²) in [5.41, 5.74) is 0. The molecule has 51 valence electrons. The van der Waals surface area contributed by atoms with Crippen LogP contribution in [-0.4, -0.2) is 17.3 Å². The Labute approximate surface area is 60.0 Å². The summed E-state index contributed by atoms with van der Waals surface area (Å²) in [6.45, 7) is 2.23. The lowest BCUT2D eigenvalue weighted by atomic mass is 10.4. The summed E-state index contributed by atoms with van der Waals surface area (Å²) < 4.78 is 4.21. The van der Waals surface area contributed by atoms with Crippen LogP contribution in [0.2, 0.25) is 0 Å². The Morgan fingerprint density at radius 2 is 2.33 bits per heavy atom. The molecule has 1 rings (SSSR count). The molecule has 0 aromatic heterocycles. The fourth-order valence-electron chi connectivity index (χ4n) is 0.580. The van der Waals surface area contributed by atoms with Gasteiger partial charge in [0.1, 0.15) is 4.75 Å². The average Bonchev–Trinajstić information content (AvgIpc) is 2.50. The van der Waals surface area contributed by atoms with Crippen molar-refractivity contribution in [1.82, 2.24) is 0 Å². The molecule has 1 saturated carbocycles. The summed E-state index contributed by atoms with van der Waals surface area (Å²) in [5.74, 6) is -0.208. The predicted molar refractivity (Wildman–Crippen MR) is 36.2 cm³/mol. The van der Waals surface area contributed by atoms with Crippen LogP contribution in [0, 0.1) is 0 Å². The third-order valence-electron chi connectivity index (χ3n) is 1.35. The van der Waals surface area contributed by atoms with Crippen LogP contribution in [0.4, 0.5) is 0 Å². The van der Waals surface area contributed by atoms with Crippen LogP contribution in [0.25, 0.3) is 0 Å². The van der Waals surface area contributed by atoms with Crippen molar-refractivity contribution < 1.29 is 9.53 Å². The van der Waals surface area contributed by atoms with E-state index in [1.54, 1.807) is 6.92 Å². The van der Waals surface area contributed by atoms with E-state index in [4.69, 9.17) is 17.4 Å². The van der Waals surface area contributed by atoms with Gasteiger partial charge in [-0.1, -0.05) is 12.6 Å². The maximum atomic E-state index is 10.8. The molecule has 2 nitrogen and oxygen atoms in total. The van der Waals surface area contributed by atoms with Crippen molar-refractivity contribution >= 4 is 18.6 Å². The molecule has 0 spiro atoms. The number of hydrogen-bond donors (Lipinski definition) is 0. The lowest BCUT2D eigenvalue weighted by Gasteiger charge is -2.03. The summed E-state index contributed by atoms with van der Waals surface area (Å²) in [7, 11) is 0. The van der Waals surface area contributed by atoms with Crippen LogP contribution in [0.1, 0.15) is 19.8 Å². The molecular formula is C6H9O2S. The number of rotatable bonds is 2. The maximum absolute atomic E-state index is 10.8. The molecule has 1 radical (unpaired) electrons. The third kappa shape index (κ3) is 1.39. The SMILES string of the molecule is CCOC(=O)C1([S])CC1. The second-order valence-corrected chi connectivity index (χ2v) is 3.00. The molecule has 1 aliphatic carbocycles. The molecule has 0 atom stereocenters. The molecule has 0 aliphatic heterocycles. The number of carbonyl (C=O) groups is 1. The van der Waals surface area contributed by atoms with E-state index < -0.39 is 4.75 Å². The van der Waals surface area contributed by atoms with E-state index in [0.29, 0.717) is 6.61 Å². The molecule has 0 aromatic carbocycles. The highest BCUT2D eigenvalue weighted by molar-refractivity contribution is 7.83. The highest BCUT2D eigenvalue weighted by Gasteiger charge is 2.48. The molecule has 0 aromatic rings. The predicted octanol–water partition coefficient (Wildman–Crippen LogP) is 1.28. The first-order valence-corrected chi connectivity index (χ1v) is 3.47. The van der Waals surface area contributed by atoms with E-state index >= 15 is 0 Å². The topological polar surface area (TPSA) is 26.3 Å². The van der Waals surface area contributed by atoms with Crippen molar-refractivity contribution in [2.45, 2.75) is 24.5 Å². The van der Waals surface area contributed by atoms with Gasteiger partial charge in [0.2, 0.25) is 0 Å². The summed E-state index contributed by atoms with van der Waals surface area (Å²) in [6, 6.07) is 0. The third-order valence-corrected chi connectivity index (χ3v) is 1.93. The fraction of sp³-hybridized carbons (Fsp3) is 0.833. The van der Waals surface area contributed by atoms with Crippen LogP contribution >= 0.6 is 12.6 Å². The largest absolute Gasteiger partial charge is 0.465 e. The van der Waals surface area contributed by atoms with Gasteiger partial charge in [0.25, 0.3) is 0 Å². The van der Waals surface area contributed by atoms with Crippen LogP contribution in [0.5, 0.6) is 0 Å². The van der Waals surface area contributed by atoms with E-state index in [2.05, 4.69) is 0 Å². The van der Waals surface area contributed by atoms with Gasteiger partial charge in [0.15, 0.2) is 0 Å². The zero-order valence-corrected chi connectivity index (χ0v) is 6.16. The van der Waals surface area contributed by atoms with Gasteiger partial charge in [-0.2, -0.15) is 0 Å². The van der Waals surface area contributed by atoms with Crippen LogP contribution in [0.15, 0.2) is 0 Å². The molecule has 3 heteroatoms. The van der Waals surface area contributed by atoms with E-state index in [9.17, 15) is 4.79 Å². The molecule has 0 heterocycles. The highest BCUT2D eigenvalue weighted by atomic mass is 32.1. The second-order valence-electron chi connectivity index (χ2n) is 2.21. The number of esters is 1. The average molecular weight is 145 g/mol. The molecular weight excluding hydrogens is 136 g/mol. The molecule has 0 saturated heterocycles. The van der Waals surface area contributed by atoms with Gasteiger partial charge in [-0.25, -0.2) is 0 Å². The van der Waals surface area contributed by atoms with Gasteiger partial charge in [-0.15, -0.1) is 0 Å². The lowest BCUT2D eigenvalue weighted by Crippen LogP contribution is -2.18. The van der Waals surface area contributed by atoms with Crippen molar-refractivity contribution in [2.24, 2.45) is 0 Å². The van der Waals surface area contributed by atoms with Crippen molar-refractivity contribution in [1.29, 1.82) is 0 Å². The highest BCUT2D eigenvalue weighted by Crippen LogP contribution is 2.42. The molecule has 1 aliphatic rings. The Balaban J connectivity index is 2.34. The van der Waals surface area contributed by atoms with Crippen molar-refractivity contribution in [3.05, 3.63) is 0 Å². The number of hydrogen-bond acceptors (Lipinski definition) is 2. The van der Waals surface area contributed by atoms with Crippen molar-refractivity contribution in [3.8, 4) is 0 Å². The molecule has 0 bridgehead atoms. The summed E-state index contributed by atoms with van der Waals surface area (Å²) >= 11 is 4.91. The first-order chi connectivity index (χ1) is 4.19. The van der Waals surface area contributed by atoms with Gasteiger partial charge < -0.3 is 4.74 Å². The fourth-order valence-corrected chi connectivity index (χ4v) is 0.741. The Morgan fingerprint density at radius 1 is 1.78 bits per heavy atom. The summed E-state index contributed by atoms with van der Waals surface area (Å²) in [6.07, 6.45) is 1.64. The standard InChI is InChI=1S/C6H9O2S/c1-2-8-5(7)6(9)3-4-6/h2-4H2,1H3. The van der Waals surface area contributed by atoms with Crippen molar-refractivity contribution in [3.63, 3.8) is 0 Å². The Bertz CT molecular complexity index is 129. The molecule has 1 fully saturated rings. The van der Waals surface area contributed by atoms with Gasteiger partial charge >= 0.3 is 5.97 Å². The summed E-state index contributed by atoms with van der Waals surface area (Å²) in [5, 5.41) is 0. The van der Waals surface area contributed by atoms with E-state index in [-0.39, 0.29) is 5.97 Å². The van der Waals surface area contributed by atoms with E-state index in [1.165, 1.54) is 0 Å². The minimum atomic E-state index is -0.518. The first-order valence-electron chi connectivity index (χ1n) is 3.07. The molecule has 0 amide bonds.